The Morgan fingerprint density at radius 2 is 1.80 bits per heavy atom. The number of hydrogen-bond donors (Lipinski definition) is 0. The fourth-order valence-corrected chi connectivity index (χ4v) is 2.34. The second-order valence-electron chi connectivity index (χ2n) is 4.65. The lowest BCUT2D eigenvalue weighted by Gasteiger charge is -2.10. The lowest BCUT2D eigenvalue weighted by Crippen LogP contribution is -2.17. The van der Waals surface area contributed by atoms with E-state index in [2.05, 4.69) is 15.1 Å². The third kappa shape index (κ3) is 2.29. The van der Waals surface area contributed by atoms with E-state index in [-0.39, 0.29) is 0 Å². The highest BCUT2D eigenvalue weighted by molar-refractivity contribution is 5.60. The van der Waals surface area contributed by atoms with Crippen molar-refractivity contribution >= 4 is 6.01 Å². The Balaban J connectivity index is 1.88. The summed E-state index contributed by atoms with van der Waals surface area (Å²) in [7, 11) is 3.21. The summed E-state index contributed by atoms with van der Waals surface area (Å²) in [6.45, 7) is 1.96. The van der Waals surface area contributed by atoms with E-state index < -0.39 is 0 Å². The Morgan fingerprint density at radius 1 is 1.05 bits per heavy atom. The molecule has 1 aliphatic heterocycles. The summed E-state index contributed by atoms with van der Waals surface area (Å²) in [5, 5.41) is 8.22. The van der Waals surface area contributed by atoms with E-state index in [1.165, 1.54) is 12.8 Å². The van der Waals surface area contributed by atoms with E-state index in [1.54, 1.807) is 14.2 Å². The highest BCUT2D eigenvalue weighted by Gasteiger charge is 2.19. The molecule has 0 bridgehead atoms. The second kappa shape index (κ2) is 5.40. The molecule has 2 heterocycles. The fraction of sp³-hybridized carbons (Fsp3) is 0.429. The van der Waals surface area contributed by atoms with Gasteiger partial charge in [-0.2, -0.15) is 0 Å². The van der Waals surface area contributed by atoms with Crippen molar-refractivity contribution in [2.24, 2.45) is 0 Å². The Labute approximate surface area is 117 Å². The topological polar surface area (TPSA) is 60.6 Å². The van der Waals surface area contributed by atoms with Crippen molar-refractivity contribution in [2.45, 2.75) is 12.8 Å². The number of aromatic nitrogens is 2. The minimum absolute atomic E-state index is 0.493. The summed E-state index contributed by atoms with van der Waals surface area (Å²) in [5.74, 6) is 1.81. The molecule has 0 spiro atoms. The number of hydrogen-bond acceptors (Lipinski definition) is 6. The fourth-order valence-electron chi connectivity index (χ4n) is 2.34. The van der Waals surface area contributed by atoms with Crippen LogP contribution in [0.1, 0.15) is 12.8 Å². The Bertz CT molecular complexity index is 591. The smallest absolute Gasteiger partial charge is 0.318 e. The first-order chi connectivity index (χ1) is 9.81. The largest absolute Gasteiger partial charge is 0.493 e. The zero-order chi connectivity index (χ0) is 13.9. The molecule has 0 atom stereocenters. The molecule has 106 valence electrons. The Hall–Kier alpha value is -2.24. The van der Waals surface area contributed by atoms with Gasteiger partial charge in [0, 0.05) is 18.7 Å². The average Bonchev–Trinajstić information content (AvgIpc) is 3.16. The monoisotopic (exact) mass is 275 g/mol. The summed E-state index contributed by atoms with van der Waals surface area (Å²) in [5.41, 5.74) is 0.820. The molecule has 2 aromatic rings. The van der Waals surface area contributed by atoms with Crippen LogP contribution in [0.3, 0.4) is 0 Å². The van der Waals surface area contributed by atoms with Crippen molar-refractivity contribution in [2.75, 3.05) is 32.2 Å². The van der Waals surface area contributed by atoms with Crippen LogP contribution in [-0.2, 0) is 0 Å². The van der Waals surface area contributed by atoms with Gasteiger partial charge in [0.1, 0.15) is 0 Å². The standard InChI is InChI=1S/C14H17N3O3/c1-18-11-6-5-10(9-12(11)19-2)13-15-16-14(20-13)17-7-3-4-8-17/h5-6,9H,3-4,7-8H2,1-2H3. The molecular weight excluding hydrogens is 258 g/mol. The zero-order valence-electron chi connectivity index (χ0n) is 11.6. The van der Waals surface area contributed by atoms with Crippen molar-refractivity contribution in [1.29, 1.82) is 0 Å². The first kappa shape index (κ1) is 12.8. The number of anilines is 1. The van der Waals surface area contributed by atoms with Gasteiger partial charge in [0.05, 0.1) is 14.2 Å². The SMILES string of the molecule is COc1ccc(-c2nnc(N3CCCC3)o2)cc1OC. The molecule has 6 heteroatoms. The van der Waals surface area contributed by atoms with Gasteiger partial charge < -0.3 is 18.8 Å². The van der Waals surface area contributed by atoms with Gasteiger partial charge in [-0.05, 0) is 31.0 Å². The minimum Gasteiger partial charge on any atom is -0.493 e. The van der Waals surface area contributed by atoms with Crippen LogP contribution in [0.5, 0.6) is 11.5 Å². The Kier molecular flexibility index (Phi) is 3.45. The van der Waals surface area contributed by atoms with E-state index in [4.69, 9.17) is 13.9 Å². The van der Waals surface area contributed by atoms with Crippen LogP contribution < -0.4 is 14.4 Å². The van der Waals surface area contributed by atoms with Gasteiger partial charge in [-0.25, -0.2) is 0 Å². The van der Waals surface area contributed by atoms with E-state index in [0.717, 1.165) is 18.7 Å². The number of methoxy groups -OCH3 is 2. The van der Waals surface area contributed by atoms with Crippen molar-refractivity contribution in [3.05, 3.63) is 18.2 Å². The van der Waals surface area contributed by atoms with Crippen LogP contribution in [0, 0.1) is 0 Å². The van der Waals surface area contributed by atoms with E-state index in [0.29, 0.717) is 23.4 Å². The third-order valence-electron chi connectivity index (χ3n) is 3.42. The van der Waals surface area contributed by atoms with Crippen molar-refractivity contribution in [3.8, 4) is 23.0 Å². The number of ether oxygens (including phenoxy) is 2. The van der Waals surface area contributed by atoms with E-state index in [9.17, 15) is 0 Å². The van der Waals surface area contributed by atoms with E-state index >= 15 is 0 Å². The first-order valence-electron chi connectivity index (χ1n) is 6.62. The first-order valence-corrected chi connectivity index (χ1v) is 6.62. The quantitative estimate of drug-likeness (QED) is 0.853. The molecule has 1 aliphatic rings. The highest BCUT2D eigenvalue weighted by atomic mass is 16.5. The normalized spacial score (nSPS) is 14.6. The molecule has 1 fully saturated rings. The molecule has 0 unspecified atom stereocenters. The maximum atomic E-state index is 5.73. The highest BCUT2D eigenvalue weighted by Crippen LogP contribution is 2.32. The summed E-state index contributed by atoms with van der Waals surface area (Å²) in [6, 6.07) is 6.13. The lowest BCUT2D eigenvalue weighted by atomic mass is 10.2. The van der Waals surface area contributed by atoms with Crippen molar-refractivity contribution < 1.29 is 13.9 Å². The molecule has 3 rings (SSSR count). The van der Waals surface area contributed by atoms with Crippen LogP contribution >= 0.6 is 0 Å². The molecule has 1 aromatic heterocycles. The van der Waals surface area contributed by atoms with Gasteiger partial charge in [-0.15, -0.1) is 5.10 Å². The summed E-state index contributed by atoms with van der Waals surface area (Å²) >= 11 is 0. The Morgan fingerprint density at radius 3 is 2.50 bits per heavy atom. The number of nitrogens with zero attached hydrogens (tertiary/aromatic N) is 3. The molecule has 0 aliphatic carbocycles. The molecule has 1 aromatic carbocycles. The molecular formula is C14H17N3O3. The van der Waals surface area contributed by atoms with Crippen LogP contribution in [0.4, 0.5) is 6.01 Å². The van der Waals surface area contributed by atoms with E-state index in [1.807, 2.05) is 18.2 Å². The maximum absolute atomic E-state index is 5.73. The van der Waals surface area contributed by atoms with Crippen LogP contribution in [0.25, 0.3) is 11.5 Å². The molecule has 0 saturated carbocycles. The predicted octanol–water partition coefficient (Wildman–Crippen LogP) is 2.35. The number of benzene rings is 1. The lowest BCUT2D eigenvalue weighted by molar-refractivity contribution is 0.355. The summed E-state index contributed by atoms with van der Waals surface area (Å²) in [4.78, 5) is 2.11. The molecule has 0 amide bonds. The molecule has 6 nitrogen and oxygen atoms in total. The molecule has 0 N–H and O–H groups in total. The van der Waals surface area contributed by atoms with Crippen LogP contribution in [0.15, 0.2) is 22.6 Å². The van der Waals surface area contributed by atoms with Gasteiger partial charge in [0.15, 0.2) is 11.5 Å². The zero-order valence-corrected chi connectivity index (χ0v) is 11.6. The second-order valence-corrected chi connectivity index (χ2v) is 4.65. The van der Waals surface area contributed by atoms with Gasteiger partial charge in [-0.3, -0.25) is 0 Å². The van der Waals surface area contributed by atoms with Crippen LogP contribution in [0.2, 0.25) is 0 Å². The molecule has 20 heavy (non-hydrogen) atoms. The van der Waals surface area contributed by atoms with Crippen molar-refractivity contribution in [3.63, 3.8) is 0 Å². The predicted molar refractivity (Wildman–Crippen MR) is 74.3 cm³/mol. The third-order valence-corrected chi connectivity index (χ3v) is 3.42. The van der Waals surface area contributed by atoms with Gasteiger partial charge in [0.25, 0.3) is 0 Å². The van der Waals surface area contributed by atoms with Gasteiger partial charge in [-0.1, -0.05) is 5.10 Å². The average molecular weight is 275 g/mol. The van der Waals surface area contributed by atoms with Crippen molar-refractivity contribution in [1.82, 2.24) is 10.2 Å². The maximum Gasteiger partial charge on any atom is 0.318 e. The number of rotatable bonds is 4. The van der Waals surface area contributed by atoms with Gasteiger partial charge in [0.2, 0.25) is 5.89 Å². The van der Waals surface area contributed by atoms with Crippen LogP contribution in [-0.4, -0.2) is 37.5 Å². The summed E-state index contributed by atoms with van der Waals surface area (Å²) in [6.07, 6.45) is 2.35. The summed E-state index contributed by atoms with van der Waals surface area (Å²) < 4.78 is 16.2. The van der Waals surface area contributed by atoms with Gasteiger partial charge >= 0.3 is 6.01 Å². The molecule has 0 radical (unpaired) electrons. The molecule has 1 saturated heterocycles. The minimum atomic E-state index is 0.493.